The summed E-state index contributed by atoms with van der Waals surface area (Å²) in [5.74, 6) is 0. The summed E-state index contributed by atoms with van der Waals surface area (Å²) in [5.41, 5.74) is 0. The van der Waals surface area contributed by atoms with Crippen molar-refractivity contribution in [3.63, 3.8) is 0 Å². The molecular formula is C6H9IO3. The first-order chi connectivity index (χ1) is 4.79. The molecule has 0 aliphatic carbocycles. The zero-order valence-electron chi connectivity index (χ0n) is 5.51. The van der Waals surface area contributed by atoms with E-state index in [0.717, 1.165) is 0 Å². The van der Waals surface area contributed by atoms with Crippen LogP contribution in [0.2, 0.25) is 0 Å². The van der Waals surface area contributed by atoms with Gasteiger partial charge in [0.2, 0.25) is 0 Å². The Morgan fingerprint density at radius 1 is 1.50 bits per heavy atom. The van der Waals surface area contributed by atoms with Gasteiger partial charge in [-0.2, -0.15) is 0 Å². The lowest BCUT2D eigenvalue weighted by atomic mass is 10.3. The summed E-state index contributed by atoms with van der Waals surface area (Å²) < 4.78 is 10.4. The van der Waals surface area contributed by atoms with Gasteiger partial charge in [-0.1, -0.05) is 0 Å². The van der Waals surface area contributed by atoms with Gasteiger partial charge in [-0.05, 0) is 22.6 Å². The van der Waals surface area contributed by atoms with Gasteiger partial charge in [0.25, 0.3) is 0 Å². The van der Waals surface area contributed by atoms with Crippen molar-refractivity contribution < 1.29 is 14.3 Å². The highest BCUT2D eigenvalue weighted by molar-refractivity contribution is 14.1. The summed E-state index contributed by atoms with van der Waals surface area (Å²) in [6.07, 6.45) is 1.12. The van der Waals surface area contributed by atoms with Crippen LogP contribution in [0.25, 0.3) is 0 Å². The first-order valence-electron chi connectivity index (χ1n) is 3.20. The van der Waals surface area contributed by atoms with Crippen LogP contribution in [-0.2, 0) is 14.3 Å². The molecule has 0 amide bonds. The van der Waals surface area contributed by atoms with E-state index in [1.54, 1.807) is 22.6 Å². The van der Waals surface area contributed by atoms with E-state index in [1.165, 1.54) is 0 Å². The third kappa shape index (κ3) is 2.94. The Labute approximate surface area is 73.2 Å². The number of hydrogen-bond donors (Lipinski definition) is 0. The number of carbonyl (C=O) groups is 1. The minimum atomic E-state index is -0.126. The van der Waals surface area contributed by atoms with E-state index < -0.39 is 0 Å². The molecule has 1 saturated heterocycles. The lowest BCUT2D eigenvalue weighted by Crippen LogP contribution is -2.08. The highest BCUT2D eigenvalue weighted by Gasteiger charge is 2.15. The fourth-order valence-corrected chi connectivity index (χ4v) is 1.12. The van der Waals surface area contributed by atoms with Gasteiger partial charge in [-0.25, -0.2) is 0 Å². The van der Waals surface area contributed by atoms with Crippen molar-refractivity contribution in [3.8, 4) is 0 Å². The maximum Gasteiger partial charge on any atom is 0.192 e. The van der Waals surface area contributed by atoms with Gasteiger partial charge < -0.3 is 9.47 Å². The molecule has 3 nitrogen and oxygen atoms in total. The lowest BCUT2D eigenvalue weighted by molar-refractivity contribution is -0.111. The summed E-state index contributed by atoms with van der Waals surface area (Å²) in [7, 11) is 0. The molecule has 0 aromatic rings. The average Bonchev–Trinajstić information content (AvgIpc) is 2.34. The number of rotatable bonds is 3. The van der Waals surface area contributed by atoms with Gasteiger partial charge in [-0.3, -0.25) is 4.79 Å². The van der Waals surface area contributed by atoms with Crippen molar-refractivity contribution in [1.29, 1.82) is 0 Å². The van der Waals surface area contributed by atoms with Crippen LogP contribution in [0.4, 0.5) is 0 Å². The third-order valence-electron chi connectivity index (χ3n) is 1.27. The van der Waals surface area contributed by atoms with E-state index in [0.29, 0.717) is 26.1 Å². The summed E-state index contributed by atoms with van der Waals surface area (Å²) in [5, 5.41) is 0. The van der Waals surface area contributed by atoms with E-state index in [1.807, 2.05) is 0 Å². The Kier molecular flexibility index (Phi) is 3.58. The molecule has 0 unspecified atom stereocenters. The Bertz CT molecular complexity index is 120. The highest BCUT2D eigenvalue weighted by Crippen LogP contribution is 2.11. The minimum Gasteiger partial charge on any atom is -0.350 e. The monoisotopic (exact) mass is 256 g/mol. The highest BCUT2D eigenvalue weighted by atomic mass is 127. The maximum atomic E-state index is 10.5. The van der Waals surface area contributed by atoms with Crippen LogP contribution in [0.5, 0.6) is 0 Å². The lowest BCUT2D eigenvalue weighted by Gasteiger charge is -2.05. The molecule has 0 aromatic carbocycles. The molecule has 0 saturated carbocycles. The Morgan fingerprint density at radius 3 is 2.60 bits per heavy atom. The molecule has 1 aliphatic heterocycles. The molecule has 1 heterocycles. The van der Waals surface area contributed by atoms with Crippen LogP contribution in [0.15, 0.2) is 0 Å². The van der Waals surface area contributed by atoms with Crippen LogP contribution in [0, 0.1) is 0 Å². The largest absolute Gasteiger partial charge is 0.350 e. The molecule has 1 aliphatic rings. The van der Waals surface area contributed by atoms with Crippen LogP contribution in [-0.4, -0.2) is 23.3 Å². The third-order valence-corrected chi connectivity index (χ3v) is 1.81. The SMILES string of the molecule is O=C(I)CCC1OCCO1. The van der Waals surface area contributed by atoms with Crippen LogP contribution in [0.3, 0.4) is 0 Å². The van der Waals surface area contributed by atoms with Gasteiger partial charge in [0.05, 0.1) is 13.2 Å². The number of hydrogen-bond acceptors (Lipinski definition) is 3. The topological polar surface area (TPSA) is 35.5 Å². The van der Waals surface area contributed by atoms with Crippen molar-refractivity contribution in [2.75, 3.05) is 13.2 Å². The summed E-state index contributed by atoms with van der Waals surface area (Å²) in [6.45, 7) is 1.33. The van der Waals surface area contributed by atoms with Crippen LogP contribution in [0.1, 0.15) is 12.8 Å². The molecule has 4 heteroatoms. The van der Waals surface area contributed by atoms with E-state index >= 15 is 0 Å². The van der Waals surface area contributed by atoms with Crippen molar-refractivity contribution in [2.45, 2.75) is 19.1 Å². The molecule has 0 N–H and O–H groups in total. The normalized spacial score (nSPS) is 19.7. The summed E-state index contributed by atoms with van der Waals surface area (Å²) >= 11 is 1.78. The second-order valence-electron chi connectivity index (χ2n) is 2.06. The van der Waals surface area contributed by atoms with E-state index in [4.69, 9.17) is 9.47 Å². The first kappa shape index (κ1) is 8.42. The number of carbonyl (C=O) groups excluding carboxylic acids is 1. The molecule has 1 rings (SSSR count). The van der Waals surface area contributed by atoms with Gasteiger partial charge in [-0.15, -0.1) is 0 Å². The van der Waals surface area contributed by atoms with Gasteiger partial charge in [0, 0.05) is 12.8 Å². The minimum absolute atomic E-state index is 0.126. The second kappa shape index (κ2) is 4.25. The molecule has 0 atom stereocenters. The zero-order valence-corrected chi connectivity index (χ0v) is 7.67. The van der Waals surface area contributed by atoms with Crippen molar-refractivity contribution in [3.05, 3.63) is 0 Å². The number of ether oxygens (including phenoxy) is 2. The zero-order chi connectivity index (χ0) is 7.40. The molecule has 58 valence electrons. The molecule has 0 spiro atoms. The molecule has 0 bridgehead atoms. The predicted molar refractivity (Wildman–Crippen MR) is 44.0 cm³/mol. The van der Waals surface area contributed by atoms with Gasteiger partial charge in [0.15, 0.2) is 10.1 Å². The fraction of sp³-hybridized carbons (Fsp3) is 0.833. The fourth-order valence-electron chi connectivity index (χ4n) is 0.805. The van der Waals surface area contributed by atoms with Gasteiger partial charge >= 0.3 is 0 Å². The van der Waals surface area contributed by atoms with Crippen molar-refractivity contribution in [1.82, 2.24) is 0 Å². The van der Waals surface area contributed by atoms with Gasteiger partial charge in [0.1, 0.15) is 0 Å². The van der Waals surface area contributed by atoms with Crippen molar-refractivity contribution in [2.24, 2.45) is 0 Å². The predicted octanol–water partition coefficient (Wildman–Crippen LogP) is 1.10. The summed E-state index contributed by atoms with van der Waals surface area (Å²) in [4.78, 5) is 10.5. The van der Waals surface area contributed by atoms with Crippen LogP contribution < -0.4 is 0 Å². The Hall–Kier alpha value is 0.320. The van der Waals surface area contributed by atoms with Crippen molar-refractivity contribution >= 4 is 26.4 Å². The first-order valence-corrected chi connectivity index (χ1v) is 4.28. The van der Waals surface area contributed by atoms with E-state index in [-0.39, 0.29) is 10.1 Å². The smallest absolute Gasteiger partial charge is 0.192 e. The molecule has 0 radical (unpaired) electrons. The standard InChI is InChI=1S/C6H9IO3/c7-5(8)1-2-6-9-3-4-10-6/h6H,1-4H2. The van der Waals surface area contributed by atoms with E-state index in [2.05, 4.69) is 0 Å². The second-order valence-corrected chi connectivity index (χ2v) is 3.27. The number of halogens is 1. The Balaban J connectivity index is 2.07. The molecular weight excluding hydrogens is 247 g/mol. The molecule has 10 heavy (non-hydrogen) atoms. The van der Waals surface area contributed by atoms with E-state index in [9.17, 15) is 4.79 Å². The quantitative estimate of drug-likeness (QED) is 0.560. The Morgan fingerprint density at radius 2 is 2.10 bits per heavy atom. The molecule has 0 aromatic heterocycles. The maximum absolute atomic E-state index is 10.5. The average molecular weight is 256 g/mol. The van der Waals surface area contributed by atoms with Crippen LogP contribution >= 0.6 is 22.6 Å². The summed E-state index contributed by atoms with van der Waals surface area (Å²) in [6, 6.07) is 0. The molecule has 1 fully saturated rings.